The number of rotatable bonds is 11. The number of aromatic nitrogens is 5. The molecule has 76 heavy (non-hydrogen) atoms. The SMILES string of the molecule is [2H]c1c([2H])c([2H])c([Si](c2c([2H])c([2H])c([2H])c([2H])c2[2H])(c2c([2H])c([2H])c([2H])c([2H])c2[2H])c2c([2H])c(-c3nc(-n4c5c([2H])c([2H])c([2H])c([2H])c5c5c([2H])c([2H])c([2H])c([2H])c54)nc(-n4c5c([2H])c([2H])c([2H])c([2H])c5c5c([2H])c([2H])c([2H])c([2H])c54)n3)c([2H])c([Si](c3c([2H])c([2H])c([2H])c([2H])c3[2H])(c3c([2H])c([2H])c([2H])c([2H])c3[2H])c3c([2H])c([2H])c([2H])c([2H])c3[2H])c2[2H])c([2H])c1[2H]. The van der Waals surface area contributed by atoms with Crippen molar-refractivity contribution in [3.63, 3.8) is 0 Å². The van der Waals surface area contributed by atoms with Gasteiger partial charge in [0, 0.05) is 27.1 Å². The molecule has 11 aromatic carbocycles. The van der Waals surface area contributed by atoms with E-state index in [4.69, 9.17) is 19.2 Å². The Kier molecular flexibility index (Phi) is 4.26. The third-order valence-corrected chi connectivity index (χ3v) is 20.1. The van der Waals surface area contributed by atoms with Gasteiger partial charge in [-0.25, -0.2) is 0 Å². The molecular weight excluding hydrogens is 955 g/mol. The summed E-state index contributed by atoms with van der Waals surface area (Å²) in [6.45, 7) is 0. The summed E-state index contributed by atoms with van der Waals surface area (Å²) >= 11 is 0. The summed E-state index contributed by atoms with van der Waals surface area (Å²) in [5, 5.41) is -17.1. The summed E-state index contributed by atoms with van der Waals surface area (Å²) in [5.74, 6) is -4.64. The first kappa shape index (κ1) is 17.3. The van der Waals surface area contributed by atoms with E-state index in [1.54, 1.807) is 0 Å². The fourth-order valence-corrected chi connectivity index (χ4v) is 16.4. The Morgan fingerprint density at radius 2 is 0.487 bits per heavy atom. The largest absolute Gasteiger partial charge is 0.278 e. The predicted octanol–water partition coefficient (Wildman–Crippen LogP) is 10.5. The van der Waals surface area contributed by atoms with Crippen molar-refractivity contribution in [3.8, 4) is 23.3 Å². The lowest BCUT2D eigenvalue weighted by atomic mass is 10.2. The molecule has 0 radical (unpaired) electrons. The number of para-hydroxylation sites is 4. The van der Waals surface area contributed by atoms with Crippen LogP contribution in [0, 0.1) is 0 Å². The first-order valence-electron chi connectivity index (χ1n) is 46.4. The van der Waals surface area contributed by atoms with Crippen LogP contribution in [0.2, 0.25) is 0 Å². The van der Waals surface area contributed by atoms with Crippen molar-refractivity contribution < 1.29 is 67.2 Å². The summed E-state index contributed by atoms with van der Waals surface area (Å²) in [6.07, 6.45) is 0. The van der Waals surface area contributed by atoms with Crippen molar-refractivity contribution >= 4 is 101 Å². The first-order chi connectivity index (χ1) is 58.0. The molecule has 0 aliphatic heterocycles. The smallest absolute Gasteiger partial charge is 0.240 e. The molecule has 0 bridgehead atoms. The van der Waals surface area contributed by atoms with Gasteiger partial charge in [-0.15, -0.1) is 0 Å². The van der Waals surface area contributed by atoms with E-state index >= 15 is 0 Å². The van der Waals surface area contributed by atoms with Gasteiger partial charge in [0.2, 0.25) is 11.9 Å². The average Bonchev–Trinajstić information content (AvgIpc) is 1.48. The van der Waals surface area contributed by atoms with Crippen molar-refractivity contribution in [2.75, 3.05) is 0 Å². The maximum atomic E-state index is 11.7. The molecule has 3 heterocycles. The second-order valence-electron chi connectivity index (χ2n) is 15.8. The van der Waals surface area contributed by atoms with Crippen LogP contribution in [0.4, 0.5) is 0 Å². The minimum Gasteiger partial charge on any atom is -0.278 e. The second-order valence-corrected chi connectivity index (χ2v) is 22.8. The Morgan fingerprint density at radius 1 is 0.250 bits per heavy atom. The fourth-order valence-electron chi connectivity index (χ4n) is 8.99. The molecule has 0 saturated carbocycles. The van der Waals surface area contributed by atoms with Crippen LogP contribution in [-0.2, 0) is 0 Å². The van der Waals surface area contributed by atoms with E-state index in [-0.39, 0.29) is 0 Å². The van der Waals surface area contributed by atoms with E-state index in [1.807, 2.05) is 0 Å². The van der Waals surface area contributed by atoms with E-state index < -0.39 is 421 Å². The molecule has 5 nitrogen and oxygen atoms in total. The number of hydrogen-bond acceptors (Lipinski definition) is 3. The number of nitrogens with zero attached hydrogens (tertiary/aromatic N) is 5. The summed E-state index contributed by atoms with van der Waals surface area (Å²) < 4.78 is 476. The normalized spacial score (nSPS) is 21.0. The van der Waals surface area contributed by atoms with Gasteiger partial charge in [0.25, 0.3) is 0 Å². The summed E-state index contributed by atoms with van der Waals surface area (Å²) in [7, 11) is -15.2. The predicted molar refractivity (Wildman–Crippen MR) is 321 cm³/mol. The molecular formula is C69H49N5Si2. The molecule has 0 atom stereocenters. The molecule has 0 aliphatic carbocycles. The molecule has 358 valence electrons. The monoisotopic (exact) mass is 1050 g/mol. The Morgan fingerprint density at radius 3 is 0.750 bits per heavy atom. The highest BCUT2D eigenvalue weighted by atomic mass is 28.3. The van der Waals surface area contributed by atoms with Crippen LogP contribution in [0.25, 0.3) is 66.9 Å². The van der Waals surface area contributed by atoms with Crippen molar-refractivity contribution in [1.82, 2.24) is 24.1 Å². The first-order valence-corrected chi connectivity index (χ1v) is 25.9. The molecule has 14 aromatic rings. The lowest BCUT2D eigenvalue weighted by Crippen LogP contribution is -2.78. The van der Waals surface area contributed by atoms with Gasteiger partial charge in [-0.1, -0.05) is 272 Å². The van der Waals surface area contributed by atoms with E-state index in [9.17, 15) is 48.0 Å². The topological polar surface area (TPSA) is 48.5 Å². The van der Waals surface area contributed by atoms with Gasteiger partial charge in [-0.2, -0.15) is 15.0 Å². The Balaban J connectivity index is 1.48. The highest BCUT2D eigenvalue weighted by molar-refractivity contribution is 7.22. The van der Waals surface area contributed by atoms with Gasteiger partial charge in [-0.05, 0) is 65.7 Å². The summed E-state index contributed by atoms with van der Waals surface area (Å²) in [4.78, 5) is 14.0. The van der Waals surface area contributed by atoms with Gasteiger partial charge >= 0.3 is 0 Å². The number of hydrogen-bond donors (Lipinski definition) is 0. The zero-order chi connectivity index (χ0) is 93.1. The molecule has 0 amide bonds. The standard InChI is InChI=1S/C69H49N5Si2/c1-7-27-51(28-8-1)75(52-29-9-2-10-30-52,53-31-11-3-12-32-53)57-47-50(48-58(49-57)76(54-33-13-4-14-34-54,55-35-15-5-16-36-55)56-37-17-6-18-38-56)67-70-68(73-63-43-23-19-39-59(63)60-40-20-24-44-64(60)73)72-69(71-67)74-65-45-25-21-41-61(65)62-42-22-26-46-66(62)74/h1-49H/i1D,2D,3D,4D,5D,6D,7D,8D,9D,10D,11D,12D,13D,14D,15D,16D,17D,18D,19D,20D,21D,22D,23D,24D,25D,26D,27D,28D,29D,30D,31D,32D,33D,34D,35D,36D,37D,38D,39D,40D,41D,42D,43D,44D,45D,46D,47D,48D,49D. The van der Waals surface area contributed by atoms with Gasteiger partial charge in [0.05, 0.1) is 89.2 Å². The highest BCUT2D eigenvalue weighted by Gasteiger charge is 2.46. The quantitative estimate of drug-likeness (QED) is 0.0958. The number of fused-ring (bicyclic) bond motifs is 6. The molecule has 3 aromatic heterocycles. The molecule has 0 aliphatic rings. The van der Waals surface area contributed by atoms with Crippen molar-refractivity contribution in [1.29, 1.82) is 0 Å². The molecule has 0 fully saturated rings. The molecule has 0 spiro atoms. The van der Waals surface area contributed by atoms with Crippen LogP contribution in [0.15, 0.2) is 296 Å². The van der Waals surface area contributed by atoms with E-state index in [0.29, 0.717) is 9.13 Å². The van der Waals surface area contributed by atoms with Crippen LogP contribution in [0.3, 0.4) is 0 Å². The Bertz CT molecular complexity index is 6340. The second kappa shape index (κ2) is 18.7. The third kappa shape index (κ3) is 7.16. The van der Waals surface area contributed by atoms with E-state index in [0.717, 1.165) is 0 Å². The van der Waals surface area contributed by atoms with Crippen molar-refractivity contribution in [3.05, 3.63) is 296 Å². The van der Waals surface area contributed by atoms with Crippen LogP contribution >= 0.6 is 0 Å². The fraction of sp³-hybridized carbons (Fsp3) is 0. The molecule has 0 N–H and O–H groups in total. The van der Waals surface area contributed by atoms with Crippen LogP contribution in [-0.4, -0.2) is 40.2 Å². The lowest BCUT2D eigenvalue weighted by molar-refractivity contribution is 0.893. The third-order valence-electron chi connectivity index (χ3n) is 12.1. The van der Waals surface area contributed by atoms with E-state index in [1.165, 1.54) is 0 Å². The zero-order valence-electron chi connectivity index (χ0n) is 86.7. The minimum absolute atomic E-state index is 0.428. The molecule has 0 saturated heterocycles. The average molecular weight is 1050 g/mol. The Hall–Kier alpha value is -9.54. The summed E-state index contributed by atoms with van der Waals surface area (Å²) in [6, 6.07) is -72.4. The lowest BCUT2D eigenvalue weighted by Gasteiger charge is -2.38. The van der Waals surface area contributed by atoms with Gasteiger partial charge < -0.3 is 0 Å². The van der Waals surface area contributed by atoms with Crippen LogP contribution in [0.5, 0.6) is 0 Å². The molecule has 0 unspecified atom stereocenters. The highest BCUT2D eigenvalue weighted by Crippen LogP contribution is 2.34. The van der Waals surface area contributed by atoms with Crippen LogP contribution in [0.1, 0.15) is 67.2 Å². The molecule has 14 rings (SSSR count). The van der Waals surface area contributed by atoms with Gasteiger partial charge in [0.1, 0.15) is 0 Å². The van der Waals surface area contributed by atoms with E-state index in [2.05, 4.69) is 15.0 Å². The van der Waals surface area contributed by atoms with Gasteiger partial charge in [0.15, 0.2) is 22.0 Å². The minimum atomic E-state index is -7.61. The molecule has 7 heteroatoms. The Labute approximate surface area is 512 Å². The zero-order valence-corrected chi connectivity index (χ0v) is 39.7. The maximum absolute atomic E-state index is 11.7. The maximum Gasteiger partial charge on any atom is 0.240 e. The number of benzene rings is 11. The van der Waals surface area contributed by atoms with Gasteiger partial charge in [-0.3, -0.25) is 9.13 Å². The summed E-state index contributed by atoms with van der Waals surface area (Å²) in [5.41, 5.74) is -5.83. The van der Waals surface area contributed by atoms with Crippen molar-refractivity contribution in [2.45, 2.75) is 0 Å². The van der Waals surface area contributed by atoms with Crippen molar-refractivity contribution in [2.24, 2.45) is 0 Å². The van der Waals surface area contributed by atoms with Crippen LogP contribution < -0.4 is 41.5 Å².